The van der Waals surface area contributed by atoms with Crippen LogP contribution in [0, 0.1) is 0 Å². The molecule has 0 aliphatic rings. The molecule has 0 aliphatic heterocycles. The number of hydrogen-bond donors (Lipinski definition) is 3. The van der Waals surface area contributed by atoms with Crippen molar-refractivity contribution in [2.24, 2.45) is 0 Å². The van der Waals surface area contributed by atoms with Crippen LogP contribution in [0.15, 0.2) is 45.3 Å². The van der Waals surface area contributed by atoms with E-state index < -0.39 is 0 Å². The van der Waals surface area contributed by atoms with Gasteiger partial charge >= 0.3 is 0 Å². The van der Waals surface area contributed by atoms with Gasteiger partial charge in [-0.2, -0.15) is 5.10 Å². The van der Waals surface area contributed by atoms with E-state index in [9.17, 15) is 4.79 Å². The SMILES string of the molecule is Nc1ccc2[nH]nc(C(=O)Nc3ccc(Br)cc3Br)c2c1. The molecular weight excluding hydrogens is 400 g/mol. The average molecular weight is 410 g/mol. The summed E-state index contributed by atoms with van der Waals surface area (Å²) in [6.07, 6.45) is 0. The Labute approximate surface area is 137 Å². The maximum atomic E-state index is 12.4. The van der Waals surface area contributed by atoms with E-state index in [-0.39, 0.29) is 5.91 Å². The van der Waals surface area contributed by atoms with Gasteiger partial charge in [0.05, 0.1) is 11.2 Å². The number of nitrogens with one attached hydrogen (secondary N) is 2. The molecule has 0 saturated carbocycles. The number of amides is 1. The molecule has 5 nitrogen and oxygen atoms in total. The summed E-state index contributed by atoms with van der Waals surface area (Å²) in [7, 11) is 0. The second-order valence-electron chi connectivity index (χ2n) is 4.46. The molecule has 3 rings (SSSR count). The quantitative estimate of drug-likeness (QED) is 0.560. The second-order valence-corrected chi connectivity index (χ2v) is 6.23. The molecule has 0 spiro atoms. The van der Waals surface area contributed by atoms with Crippen molar-refractivity contribution in [2.75, 3.05) is 11.1 Å². The number of H-pyrrole nitrogens is 1. The molecule has 0 bridgehead atoms. The number of rotatable bonds is 2. The number of carbonyl (C=O) groups excluding carboxylic acids is 1. The topological polar surface area (TPSA) is 83.8 Å². The zero-order chi connectivity index (χ0) is 15.0. The van der Waals surface area contributed by atoms with Crippen molar-refractivity contribution in [1.29, 1.82) is 0 Å². The highest BCUT2D eigenvalue weighted by Gasteiger charge is 2.15. The van der Waals surface area contributed by atoms with Gasteiger partial charge in [0.1, 0.15) is 0 Å². The molecule has 106 valence electrons. The Morgan fingerprint density at radius 2 is 2.00 bits per heavy atom. The molecule has 0 saturated heterocycles. The third kappa shape index (κ3) is 2.79. The molecule has 21 heavy (non-hydrogen) atoms. The monoisotopic (exact) mass is 408 g/mol. The number of aromatic nitrogens is 2. The number of fused-ring (bicyclic) bond motifs is 1. The summed E-state index contributed by atoms with van der Waals surface area (Å²) in [6.45, 7) is 0. The number of nitrogen functional groups attached to an aromatic ring is 1. The lowest BCUT2D eigenvalue weighted by Crippen LogP contribution is -2.13. The molecule has 1 amide bonds. The van der Waals surface area contributed by atoms with Gasteiger partial charge in [-0.15, -0.1) is 0 Å². The minimum atomic E-state index is -0.296. The van der Waals surface area contributed by atoms with Crippen LogP contribution < -0.4 is 11.1 Å². The highest BCUT2D eigenvalue weighted by molar-refractivity contribution is 9.11. The van der Waals surface area contributed by atoms with Crippen molar-refractivity contribution < 1.29 is 4.79 Å². The molecule has 0 radical (unpaired) electrons. The zero-order valence-electron chi connectivity index (χ0n) is 10.7. The second kappa shape index (κ2) is 5.50. The number of hydrogen-bond acceptors (Lipinski definition) is 3. The third-order valence-electron chi connectivity index (χ3n) is 2.98. The van der Waals surface area contributed by atoms with Crippen LogP contribution in [-0.2, 0) is 0 Å². The molecule has 4 N–H and O–H groups in total. The number of halogens is 2. The Balaban J connectivity index is 1.95. The van der Waals surface area contributed by atoms with Crippen LogP contribution in [0.4, 0.5) is 11.4 Å². The third-order valence-corrected chi connectivity index (χ3v) is 4.13. The first-order valence-corrected chi connectivity index (χ1v) is 7.63. The highest BCUT2D eigenvalue weighted by Crippen LogP contribution is 2.27. The van der Waals surface area contributed by atoms with Gasteiger partial charge in [-0.3, -0.25) is 9.89 Å². The summed E-state index contributed by atoms with van der Waals surface area (Å²) >= 11 is 6.78. The van der Waals surface area contributed by atoms with Crippen molar-refractivity contribution in [2.45, 2.75) is 0 Å². The number of nitrogens with two attached hydrogens (primary N) is 1. The standard InChI is InChI=1S/C14H10Br2N4O/c15-7-1-3-12(10(16)5-7)18-14(21)13-9-6-8(17)2-4-11(9)19-20-13/h1-6H,17H2,(H,18,21)(H,19,20). The first-order valence-electron chi connectivity index (χ1n) is 6.04. The normalized spacial score (nSPS) is 10.8. The van der Waals surface area contributed by atoms with Gasteiger partial charge in [0, 0.05) is 20.0 Å². The number of nitrogens with zero attached hydrogens (tertiary/aromatic N) is 1. The number of aromatic amines is 1. The summed E-state index contributed by atoms with van der Waals surface area (Å²) in [5.41, 5.74) is 8.09. The maximum absolute atomic E-state index is 12.4. The molecule has 7 heteroatoms. The Kier molecular flexibility index (Phi) is 3.69. The molecule has 0 fully saturated rings. The van der Waals surface area contributed by atoms with Gasteiger partial charge in [0.25, 0.3) is 5.91 Å². The van der Waals surface area contributed by atoms with Crippen molar-refractivity contribution in [3.05, 3.63) is 51.0 Å². The Bertz CT molecular complexity index is 844. The smallest absolute Gasteiger partial charge is 0.276 e. The molecular formula is C14H10Br2N4O. The van der Waals surface area contributed by atoms with E-state index in [0.717, 1.165) is 14.5 Å². The van der Waals surface area contributed by atoms with Crippen molar-refractivity contribution in [3.8, 4) is 0 Å². The average Bonchev–Trinajstić information content (AvgIpc) is 2.85. The van der Waals surface area contributed by atoms with E-state index in [1.54, 1.807) is 24.3 Å². The predicted octanol–water partition coefficient (Wildman–Crippen LogP) is 3.92. The fraction of sp³-hybridized carbons (Fsp3) is 0. The van der Waals surface area contributed by atoms with Gasteiger partial charge in [-0.05, 0) is 52.3 Å². The van der Waals surface area contributed by atoms with Crippen LogP contribution in [0.1, 0.15) is 10.5 Å². The van der Waals surface area contributed by atoms with Crippen LogP contribution in [0.3, 0.4) is 0 Å². The van der Waals surface area contributed by atoms with Crippen LogP contribution in [0.25, 0.3) is 10.9 Å². The van der Waals surface area contributed by atoms with Gasteiger partial charge in [0.15, 0.2) is 5.69 Å². The van der Waals surface area contributed by atoms with E-state index in [2.05, 4.69) is 47.4 Å². The summed E-state index contributed by atoms with van der Waals surface area (Å²) in [5.74, 6) is -0.296. The number of benzene rings is 2. The fourth-order valence-corrected chi connectivity index (χ4v) is 3.12. The van der Waals surface area contributed by atoms with E-state index in [1.807, 2.05) is 12.1 Å². The summed E-state index contributed by atoms with van der Waals surface area (Å²) in [6, 6.07) is 10.8. The van der Waals surface area contributed by atoms with E-state index >= 15 is 0 Å². The summed E-state index contributed by atoms with van der Waals surface area (Å²) < 4.78 is 1.70. The lowest BCUT2D eigenvalue weighted by molar-refractivity contribution is 0.102. The first-order chi connectivity index (χ1) is 10.0. The lowest BCUT2D eigenvalue weighted by Gasteiger charge is -2.06. The minimum Gasteiger partial charge on any atom is -0.399 e. The summed E-state index contributed by atoms with van der Waals surface area (Å²) in [5, 5.41) is 10.4. The molecule has 0 aliphatic carbocycles. The van der Waals surface area contributed by atoms with Crippen molar-refractivity contribution >= 4 is 60.0 Å². The van der Waals surface area contributed by atoms with Gasteiger partial charge < -0.3 is 11.1 Å². The van der Waals surface area contributed by atoms with Crippen LogP contribution >= 0.6 is 31.9 Å². The number of anilines is 2. The van der Waals surface area contributed by atoms with Crippen LogP contribution in [0.2, 0.25) is 0 Å². The Morgan fingerprint density at radius 3 is 2.76 bits per heavy atom. The lowest BCUT2D eigenvalue weighted by atomic mass is 10.2. The largest absolute Gasteiger partial charge is 0.399 e. The number of carbonyl (C=O) groups is 1. The minimum absolute atomic E-state index is 0.296. The Hall–Kier alpha value is -1.86. The van der Waals surface area contributed by atoms with Crippen LogP contribution in [-0.4, -0.2) is 16.1 Å². The predicted molar refractivity (Wildman–Crippen MR) is 90.3 cm³/mol. The molecule has 2 aromatic carbocycles. The van der Waals surface area contributed by atoms with E-state index in [4.69, 9.17) is 5.73 Å². The molecule has 3 aromatic rings. The fourth-order valence-electron chi connectivity index (χ4n) is 1.98. The van der Waals surface area contributed by atoms with Gasteiger partial charge in [-0.1, -0.05) is 15.9 Å². The van der Waals surface area contributed by atoms with Gasteiger partial charge in [0.2, 0.25) is 0 Å². The maximum Gasteiger partial charge on any atom is 0.276 e. The zero-order valence-corrected chi connectivity index (χ0v) is 13.8. The molecule has 0 atom stereocenters. The van der Waals surface area contributed by atoms with Crippen molar-refractivity contribution in [3.63, 3.8) is 0 Å². The van der Waals surface area contributed by atoms with Gasteiger partial charge in [-0.25, -0.2) is 0 Å². The van der Waals surface area contributed by atoms with E-state index in [0.29, 0.717) is 22.5 Å². The highest BCUT2D eigenvalue weighted by atomic mass is 79.9. The Morgan fingerprint density at radius 1 is 1.19 bits per heavy atom. The molecule has 0 unspecified atom stereocenters. The van der Waals surface area contributed by atoms with Crippen molar-refractivity contribution in [1.82, 2.24) is 10.2 Å². The first kappa shape index (κ1) is 14.1. The summed E-state index contributed by atoms with van der Waals surface area (Å²) in [4.78, 5) is 12.4. The van der Waals surface area contributed by atoms with Crippen LogP contribution in [0.5, 0.6) is 0 Å². The van der Waals surface area contributed by atoms with E-state index in [1.165, 1.54) is 0 Å². The molecule has 1 aromatic heterocycles. The molecule has 1 heterocycles.